The number of likely N-dealkylation sites (tertiary alicyclic amines) is 1. The zero-order chi connectivity index (χ0) is 13.4. The molecule has 2 N–H and O–H groups in total. The van der Waals surface area contributed by atoms with Gasteiger partial charge in [-0.1, -0.05) is 0 Å². The number of aliphatic hydroxyl groups is 1. The smallest absolute Gasteiger partial charge is 0.303 e. The number of nitrogens with zero attached hydrogens (tertiary/aromatic N) is 1. The Hall–Kier alpha value is -0.650. The highest BCUT2D eigenvalue weighted by atomic mass is 16.5. The van der Waals surface area contributed by atoms with Crippen LogP contribution in [-0.4, -0.2) is 60.0 Å². The molecule has 1 saturated heterocycles. The van der Waals surface area contributed by atoms with Crippen LogP contribution in [0.1, 0.15) is 32.6 Å². The van der Waals surface area contributed by atoms with Crippen molar-refractivity contribution in [3.8, 4) is 0 Å². The Kier molecular flexibility index (Phi) is 7.23. The van der Waals surface area contributed by atoms with Crippen LogP contribution in [0.25, 0.3) is 0 Å². The molecule has 0 aromatic carbocycles. The van der Waals surface area contributed by atoms with Crippen molar-refractivity contribution in [1.82, 2.24) is 4.90 Å². The zero-order valence-corrected chi connectivity index (χ0v) is 11.2. The quantitative estimate of drug-likeness (QED) is 0.679. The number of ether oxygens (including phenoxy) is 1. The van der Waals surface area contributed by atoms with Gasteiger partial charge in [0.25, 0.3) is 0 Å². The minimum Gasteiger partial charge on any atom is -0.481 e. The SMILES string of the molecule is CCOCC(O)CN1CCCC(CCC(=O)O)C1. The summed E-state index contributed by atoms with van der Waals surface area (Å²) in [4.78, 5) is 12.8. The van der Waals surface area contributed by atoms with Crippen LogP contribution in [0.5, 0.6) is 0 Å². The first-order chi connectivity index (χ1) is 8.61. The molecule has 5 heteroatoms. The Morgan fingerprint density at radius 3 is 3.00 bits per heavy atom. The van der Waals surface area contributed by atoms with Gasteiger partial charge in [-0.15, -0.1) is 0 Å². The molecule has 1 aliphatic rings. The van der Waals surface area contributed by atoms with Crippen LogP contribution in [0.2, 0.25) is 0 Å². The van der Waals surface area contributed by atoms with E-state index < -0.39 is 12.1 Å². The average Bonchev–Trinajstić information content (AvgIpc) is 2.34. The number of carboxylic acid groups (broad SMARTS) is 1. The summed E-state index contributed by atoms with van der Waals surface area (Å²) >= 11 is 0. The number of carboxylic acids is 1. The van der Waals surface area contributed by atoms with Crippen molar-refractivity contribution in [2.45, 2.75) is 38.7 Å². The largest absolute Gasteiger partial charge is 0.481 e. The fourth-order valence-electron chi connectivity index (χ4n) is 2.48. The molecule has 5 nitrogen and oxygen atoms in total. The summed E-state index contributed by atoms with van der Waals surface area (Å²) in [6.45, 7) is 5.44. The first-order valence-corrected chi connectivity index (χ1v) is 6.81. The number of aliphatic carboxylic acids is 1. The summed E-state index contributed by atoms with van der Waals surface area (Å²) in [6, 6.07) is 0. The van der Waals surface area contributed by atoms with Crippen LogP contribution in [-0.2, 0) is 9.53 Å². The van der Waals surface area contributed by atoms with Gasteiger partial charge < -0.3 is 19.8 Å². The van der Waals surface area contributed by atoms with Crippen molar-refractivity contribution in [1.29, 1.82) is 0 Å². The number of hydrogen-bond acceptors (Lipinski definition) is 4. The number of piperidine rings is 1. The van der Waals surface area contributed by atoms with Crippen molar-refractivity contribution < 1.29 is 19.7 Å². The van der Waals surface area contributed by atoms with Crippen LogP contribution >= 0.6 is 0 Å². The lowest BCUT2D eigenvalue weighted by molar-refractivity contribution is -0.137. The molecule has 0 aliphatic carbocycles. The highest BCUT2D eigenvalue weighted by Crippen LogP contribution is 2.21. The topological polar surface area (TPSA) is 70.0 Å². The van der Waals surface area contributed by atoms with Gasteiger partial charge in [0.15, 0.2) is 0 Å². The fraction of sp³-hybridized carbons (Fsp3) is 0.923. The number of carbonyl (C=O) groups is 1. The average molecular weight is 259 g/mol. The molecule has 0 saturated carbocycles. The van der Waals surface area contributed by atoms with Gasteiger partial charge in [-0.25, -0.2) is 0 Å². The monoisotopic (exact) mass is 259 g/mol. The van der Waals surface area contributed by atoms with Crippen LogP contribution in [0.3, 0.4) is 0 Å². The molecule has 0 aromatic rings. The Morgan fingerprint density at radius 1 is 1.56 bits per heavy atom. The van der Waals surface area contributed by atoms with Gasteiger partial charge in [-0.2, -0.15) is 0 Å². The third-order valence-corrected chi connectivity index (χ3v) is 3.35. The Balaban J connectivity index is 2.23. The van der Waals surface area contributed by atoms with Crippen molar-refractivity contribution >= 4 is 5.97 Å². The van der Waals surface area contributed by atoms with Gasteiger partial charge in [-0.3, -0.25) is 4.79 Å². The van der Waals surface area contributed by atoms with E-state index in [4.69, 9.17) is 9.84 Å². The molecule has 2 unspecified atom stereocenters. The first kappa shape index (κ1) is 15.4. The van der Waals surface area contributed by atoms with E-state index in [2.05, 4.69) is 4.90 Å². The molecule has 0 aromatic heterocycles. The van der Waals surface area contributed by atoms with E-state index in [1.165, 1.54) is 0 Å². The molecule has 106 valence electrons. The molecular formula is C13H25NO4. The number of rotatable bonds is 8. The fourth-order valence-corrected chi connectivity index (χ4v) is 2.48. The third-order valence-electron chi connectivity index (χ3n) is 3.35. The lowest BCUT2D eigenvalue weighted by Crippen LogP contribution is -2.41. The molecule has 0 amide bonds. The van der Waals surface area contributed by atoms with E-state index in [1.807, 2.05) is 6.92 Å². The van der Waals surface area contributed by atoms with Crippen LogP contribution in [0, 0.1) is 5.92 Å². The van der Waals surface area contributed by atoms with E-state index in [1.54, 1.807) is 0 Å². The summed E-state index contributed by atoms with van der Waals surface area (Å²) in [7, 11) is 0. The van der Waals surface area contributed by atoms with Crippen LogP contribution < -0.4 is 0 Å². The normalized spacial score (nSPS) is 22.9. The van der Waals surface area contributed by atoms with Gasteiger partial charge >= 0.3 is 5.97 Å². The van der Waals surface area contributed by atoms with E-state index in [0.29, 0.717) is 25.7 Å². The van der Waals surface area contributed by atoms with Crippen molar-refractivity contribution in [3.05, 3.63) is 0 Å². The van der Waals surface area contributed by atoms with E-state index >= 15 is 0 Å². The van der Waals surface area contributed by atoms with Gasteiger partial charge in [0.2, 0.25) is 0 Å². The molecule has 0 radical (unpaired) electrons. The maximum absolute atomic E-state index is 10.5. The number of β-amino-alcohol motifs (C(OH)–C–C–N with tert-alkyl or cyclic N) is 1. The zero-order valence-electron chi connectivity index (χ0n) is 11.2. The lowest BCUT2D eigenvalue weighted by Gasteiger charge is -2.33. The molecule has 2 atom stereocenters. The maximum atomic E-state index is 10.5. The van der Waals surface area contributed by atoms with Crippen LogP contribution in [0.15, 0.2) is 0 Å². The predicted molar refractivity (Wildman–Crippen MR) is 68.5 cm³/mol. The molecule has 1 fully saturated rings. The number of hydrogen-bond donors (Lipinski definition) is 2. The van der Waals surface area contributed by atoms with Gasteiger partial charge in [0, 0.05) is 26.1 Å². The van der Waals surface area contributed by atoms with Gasteiger partial charge in [0.1, 0.15) is 0 Å². The summed E-state index contributed by atoms with van der Waals surface area (Å²) < 4.78 is 5.19. The molecule has 1 aliphatic heterocycles. The van der Waals surface area contributed by atoms with Crippen molar-refractivity contribution in [3.63, 3.8) is 0 Å². The van der Waals surface area contributed by atoms with E-state index in [9.17, 15) is 9.90 Å². The van der Waals surface area contributed by atoms with Crippen molar-refractivity contribution in [2.75, 3.05) is 32.8 Å². The second kappa shape index (κ2) is 8.45. The molecule has 0 bridgehead atoms. The summed E-state index contributed by atoms with van der Waals surface area (Å²) in [6.07, 6.45) is 2.74. The molecule has 1 heterocycles. The molecular weight excluding hydrogens is 234 g/mol. The molecule has 18 heavy (non-hydrogen) atoms. The minimum absolute atomic E-state index is 0.250. The highest BCUT2D eigenvalue weighted by molar-refractivity contribution is 5.66. The molecule has 1 rings (SSSR count). The first-order valence-electron chi connectivity index (χ1n) is 6.81. The standard InChI is InChI=1S/C13H25NO4/c1-2-18-10-12(15)9-14-7-3-4-11(8-14)5-6-13(16)17/h11-12,15H,2-10H2,1H3,(H,16,17). The second-order valence-electron chi connectivity index (χ2n) is 5.01. The number of aliphatic hydroxyl groups excluding tert-OH is 1. The predicted octanol–water partition coefficient (Wildman–Crippen LogP) is 0.961. The minimum atomic E-state index is -0.719. The molecule has 0 spiro atoms. The van der Waals surface area contributed by atoms with E-state index in [0.717, 1.165) is 32.4 Å². The third kappa shape index (κ3) is 6.33. The Labute approximate surface area is 109 Å². The van der Waals surface area contributed by atoms with E-state index in [-0.39, 0.29) is 6.42 Å². The maximum Gasteiger partial charge on any atom is 0.303 e. The lowest BCUT2D eigenvalue weighted by atomic mass is 9.93. The summed E-state index contributed by atoms with van der Waals surface area (Å²) in [5, 5.41) is 18.5. The highest BCUT2D eigenvalue weighted by Gasteiger charge is 2.22. The Bertz CT molecular complexity index is 247. The van der Waals surface area contributed by atoms with Gasteiger partial charge in [-0.05, 0) is 38.6 Å². The summed E-state index contributed by atoms with van der Waals surface area (Å²) in [5.74, 6) is -0.266. The van der Waals surface area contributed by atoms with Gasteiger partial charge in [0.05, 0.1) is 12.7 Å². The summed E-state index contributed by atoms with van der Waals surface area (Å²) in [5.41, 5.74) is 0. The van der Waals surface area contributed by atoms with Crippen molar-refractivity contribution in [2.24, 2.45) is 5.92 Å². The second-order valence-corrected chi connectivity index (χ2v) is 5.01. The Morgan fingerprint density at radius 2 is 2.33 bits per heavy atom. The van der Waals surface area contributed by atoms with Crippen LogP contribution in [0.4, 0.5) is 0 Å².